The first-order valence-electron chi connectivity index (χ1n) is 6.62. The fourth-order valence-electron chi connectivity index (χ4n) is 2.40. The van der Waals surface area contributed by atoms with Crippen LogP contribution in [0.2, 0.25) is 0 Å². The van der Waals surface area contributed by atoms with Gasteiger partial charge in [0.25, 0.3) is 0 Å². The highest BCUT2D eigenvalue weighted by Crippen LogP contribution is 2.47. The molecule has 3 unspecified atom stereocenters. The van der Waals surface area contributed by atoms with Crippen LogP contribution in [0.4, 0.5) is 5.82 Å². The van der Waals surface area contributed by atoms with Crippen LogP contribution in [-0.4, -0.2) is 10.1 Å². The molecule has 4 nitrogen and oxygen atoms in total. The molecule has 3 rings (SSSR count). The zero-order valence-corrected chi connectivity index (χ0v) is 10.9. The van der Waals surface area contributed by atoms with E-state index in [2.05, 4.69) is 11.9 Å². The molecule has 0 amide bonds. The molecule has 2 aromatic heterocycles. The lowest BCUT2D eigenvalue weighted by Crippen LogP contribution is -2.04. The van der Waals surface area contributed by atoms with Crippen LogP contribution in [0, 0.1) is 5.92 Å². The summed E-state index contributed by atoms with van der Waals surface area (Å²) in [5, 5.41) is 10.2. The summed E-state index contributed by atoms with van der Waals surface area (Å²) in [4.78, 5) is 4.02. The highest BCUT2D eigenvalue weighted by atomic mass is 16.4. The number of nitrogen functional groups attached to an aromatic ring is 1. The molecule has 0 bridgehead atoms. The zero-order chi connectivity index (χ0) is 13.4. The molecule has 0 saturated heterocycles. The molecule has 19 heavy (non-hydrogen) atoms. The van der Waals surface area contributed by atoms with Crippen LogP contribution < -0.4 is 5.73 Å². The Kier molecular flexibility index (Phi) is 3.03. The summed E-state index contributed by atoms with van der Waals surface area (Å²) in [6, 6.07) is 7.52. The Morgan fingerprint density at radius 3 is 2.95 bits per heavy atom. The molecule has 100 valence electrons. The van der Waals surface area contributed by atoms with Crippen molar-refractivity contribution < 1.29 is 9.52 Å². The van der Waals surface area contributed by atoms with Gasteiger partial charge in [-0.05, 0) is 36.1 Å². The van der Waals surface area contributed by atoms with E-state index in [1.807, 2.05) is 24.3 Å². The highest BCUT2D eigenvalue weighted by Gasteiger charge is 2.36. The number of nitrogens with two attached hydrogens (primary N) is 1. The van der Waals surface area contributed by atoms with Crippen LogP contribution in [0.1, 0.15) is 42.5 Å². The minimum Gasteiger partial charge on any atom is -0.463 e. The van der Waals surface area contributed by atoms with Gasteiger partial charge in [-0.3, -0.25) is 0 Å². The summed E-state index contributed by atoms with van der Waals surface area (Å²) in [6.45, 7) is 2.21. The van der Waals surface area contributed by atoms with Gasteiger partial charge in [-0.2, -0.15) is 0 Å². The smallest absolute Gasteiger partial charge is 0.133 e. The molecule has 2 heterocycles. The van der Waals surface area contributed by atoms with E-state index in [0.29, 0.717) is 29.8 Å². The van der Waals surface area contributed by atoms with Gasteiger partial charge in [0.1, 0.15) is 23.4 Å². The summed E-state index contributed by atoms with van der Waals surface area (Å²) in [7, 11) is 0. The number of nitrogens with zero attached hydrogens (tertiary/aromatic N) is 1. The van der Waals surface area contributed by atoms with Crippen molar-refractivity contribution in [1.29, 1.82) is 0 Å². The SMILES string of the molecule is CC1CC1c1ccc(C(O)Cc2cccnc2N)o1. The summed E-state index contributed by atoms with van der Waals surface area (Å²) in [6.07, 6.45) is 2.57. The maximum atomic E-state index is 10.2. The number of anilines is 1. The van der Waals surface area contributed by atoms with E-state index in [4.69, 9.17) is 10.2 Å². The van der Waals surface area contributed by atoms with E-state index < -0.39 is 6.10 Å². The number of hydrogen-bond acceptors (Lipinski definition) is 4. The molecule has 3 atom stereocenters. The third-order valence-corrected chi connectivity index (χ3v) is 3.79. The van der Waals surface area contributed by atoms with Gasteiger partial charge in [-0.15, -0.1) is 0 Å². The lowest BCUT2D eigenvalue weighted by Gasteiger charge is -2.09. The van der Waals surface area contributed by atoms with Gasteiger partial charge in [0.15, 0.2) is 0 Å². The first-order chi connectivity index (χ1) is 9.15. The van der Waals surface area contributed by atoms with Crippen molar-refractivity contribution in [1.82, 2.24) is 4.98 Å². The topological polar surface area (TPSA) is 72.3 Å². The third-order valence-electron chi connectivity index (χ3n) is 3.79. The van der Waals surface area contributed by atoms with E-state index in [1.54, 1.807) is 6.20 Å². The minimum absolute atomic E-state index is 0.423. The van der Waals surface area contributed by atoms with Crippen molar-refractivity contribution in [3.63, 3.8) is 0 Å². The van der Waals surface area contributed by atoms with Crippen molar-refractivity contribution in [2.45, 2.75) is 31.8 Å². The Balaban J connectivity index is 1.72. The van der Waals surface area contributed by atoms with Gasteiger partial charge in [0, 0.05) is 18.5 Å². The van der Waals surface area contributed by atoms with E-state index in [0.717, 1.165) is 11.3 Å². The van der Waals surface area contributed by atoms with Crippen molar-refractivity contribution >= 4 is 5.82 Å². The predicted molar refractivity (Wildman–Crippen MR) is 72.5 cm³/mol. The Labute approximate surface area is 112 Å². The van der Waals surface area contributed by atoms with E-state index in [-0.39, 0.29) is 0 Å². The second-order valence-corrected chi connectivity index (χ2v) is 5.33. The fraction of sp³-hybridized carbons (Fsp3) is 0.400. The van der Waals surface area contributed by atoms with E-state index in [9.17, 15) is 5.11 Å². The highest BCUT2D eigenvalue weighted by molar-refractivity contribution is 5.39. The van der Waals surface area contributed by atoms with Crippen molar-refractivity contribution in [2.75, 3.05) is 5.73 Å². The molecule has 0 spiro atoms. The monoisotopic (exact) mass is 258 g/mol. The van der Waals surface area contributed by atoms with Gasteiger partial charge in [0.2, 0.25) is 0 Å². The molecule has 1 saturated carbocycles. The van der Waals surface area contributed by atoms with Crippen LogP contribution in [0.5, 0.6) is 0 Å². The number of aliphatic hydroxyl groups is 1. The number of rotatable bonds is 4. The summed E-state index contributed by atoms with van der Waals surface area (Å²) < 4.78 is 5.74. The van der Waals surface area contributed by atoms with E-state index in [1.165, 1.54) is 6.42 Å². The Hall–Kier alpha value is -1.81. The molecule has 1 fully saturated rings. The molecule has 1 aliphatic rings. The Morgan fingerprint density at radius 2 is 2.26 bits per heavy atom. The molecule has 0 aromatic carbocycles. The van der Waals surface area contributed by atoms with Crippen LogP contribution in [0.3, 0.4) is 0 Å². The first kappa shape index (κ1) is 12.2. The van der Waals surface area contributed by atoms with Crippen molar-refractivity contribution in [2.24, 2.45) is 5.92 Å². The molecular weight excluding hydrogens is 240 g/mol. The number of pyridine rings is 1. The zero-order valence-electron chi connectivity index (χ0n) is 10.9. The second-order valence-electron chi connectivity index (χ2n) is 5.33. The quantitative estimate of drug-likeness (QED) is 0.884. The van der Waals surface area contributed by atoms with Gasteiger partial charge < -0.3 is 15.3 Å². The maximum Gasteiger partial charge on any atom is 0.133 e. The first-order valence-corrected chi connectivity index (χ1v) is 6.62. The largest absolute Gasteiger partial charge is 0.463 e. The third kappa shape index (κ3) is 2.49. The van der Waals surface area contributed by atoms with Crippen molar-refractivity contribution in [3.05, 3.63) is 47.5 Å². The van der Waals surface area contributed by atoms with Crippen molar-refractivity contribution in [3.8, 4) is 0 Å². The molecule has 0 radical (unpaired) electrons. The van der Waals surface area contributed by atoms with Gasteiger partial charge in [-0.25, -0.2) is 4.98 Å². The number of aliphatic hydroxyl groups excluding tert-OH is 1. The van der Waals surface area contributed by atoms with Crippen LogP contribution in [0.15, 0.2) is 34.9 Å². The van der Waals surface area contributed by atoms with Crippen LogP contribution in [-0.2, 0) is 6.42 Å². The van der Waals surface area contributed by atoms with E-state index >= 15 is 0 Å². The summed E-state index contributed by atoms with van der Waals surface area (Å²) in [5.74, 6) is 3.29. The fourth-order valence-corrected chi connectivity index (χ4v) is 2.40. The standard InChI is InChI=1S/C15H18N2O2/c1-9-7-11(9)13-4-5-14(19-13)12(18)8-10-3-2-6-17-15(10)16/h2-6,9,11-12,18H,7-8H2,1H3,(H2,16,17). The average Bonchev–Trinajstić information content (AvgIpc) is 2.93. The van der Waals surface area contributed by atoms with Gasteiger partial charge >= 0.3 is 0 Å². The average molecular weight is 258 g/mol. The molecular formula is C15H18N2O2. The molecule has 2 aromatic rings. The lowest BCUT2D eigenvalue weighted by atomic mass is 10.1. The lowest BCUT2D eigenvalue weighted by molar-refractivity contribution is 0.148. The molecule has 3 N–H and O–H groups in total. The van der Waals surface area contributed by atoms with Gasteiger partial charge in [0.05, 0.1) is 0 Å². The van der Waals surface area contributed by atoms with Gasteiger partial charge in [-0.1, -0.05) is 13.0 Å². The minimum atomic E-state index is -0.672. The van der Waals surface area contributed by atoms with Crippen LogP contribution >= 0.6 is 0 Å². The predicted octanol–water partition coefficient (Wildman–Crippen LogP) is 2.66. The number of hydrogen-bond donors (Lipinski definition) is 2. The number of aromatic nitrogens is 1. The Morgan fingerprint density at radius 1 is 1.47 bits per heavy atom. The molecule has 1 aliphatic carbocycles. The summed E-state index contributed by atoms with van der Waals surface area (Å²) >= 11 is 0. The summed E-state index contributed by atoms with van der Waals surface area (Å²) in [5.41, 5.74) is 6.62. The molecule has 4 heteroatoms. The van der Waals surface area contributed by atoms with Crippen LogP contribution in [0.25, 0.3) is 0 Å². The second kappa shape index (κ2) is 4.70. The maximum absolute atomic E-state index is 10.2. The normalized spacial score (nSPS) is 23.3. The molecule has 0 aliphatic heterocycles. The number of furan rings is 1. The Bertz CT molecular complexity index is 579.